The molecule has 170 valence electrons. The zero-order valence-electron chi connectivity index (χ0n) is 18.0. The third kappa shape index (κ3) is 8.52. The van der Waals surface area contributed by atoms with Gasteiger partial charge in [-0.25, -0.2) is 4.39 Å². The Morgan fingerprint density at radius 1 is 0.967 bits per heavy atom. The van der Waals surface area contributed by atoms with Crippen LogP contribution in [0.4, 0.5) is 10.1 Å². The standard InChI is InChI=1S/C21H35FN6O.HI/c1-2-23-21(25-8-10-27-15-17-29-18-16-27)24-7-9-26-11-13-28(14-12-26)20-5-3-19(22)4-6-20;/h3-6H,2,7-18H2,1H3,(H2,23,24,25);1H. The topological polar surface area (TPSA) is 55.4 Å². The molecular formula is C21H36FIN6O. The van der Waals surface area contributed by atoms with E-state index in [1.54, 1.807) is 0 Å². The third-order valence-corrected chi connectivity index (χ3v) is 5.42. The van der Waals surface area contributed by atoms with E-state index in [-0.39, 0.29) is 29.8 Å². The Morgan fingerprint density at radius 2 is 1.63 bits per heavy atom. The number of anilines is 1. The minimum atomic E-state index is -0.180. The first-order valence-corrected chi connectivity index (χ1v) is 10.8. The largest absolute Gasteiger partial charge is 0.379 e. The van der Waals surface area contributed by atoms with E-state index in [0.29, 0.717) is 0 Å². The maximum absolute atomic E-state index is 13.1. The van der Waals surface area contributed by atoms with Gasteiger partial charge in [-0.3, -0.25) is 14.8 Å². The van der Waals surface area contributed by atoms with Crippen LogP contribution in [-0.2, 0) is 4.74 Å². The summed E-state index contributed by atoms with van der Waals surface area (Å²) in [6.45, 7) is 14.2. The van der Waals surface area contributed by atoms with E-state index < -0.39 is 0 Å². The fraction of sp³-hybridized carbons (Fsp3) is 0.667. The number of morpholine rings is 1. The number of halogens is 2. The molecule has 7 nitrogen and oxygen atoms in total. The van der Waals surface area contributed by atoms with Crippen LogP contribution in [0.2, 0.25) is 0 Å². The molecule has 0 saturated carbocycles. The Morgan fingerprint density at radius 3 is 2.30 bits per heavy atom. The van der Waals surface area contributed by atoms with Crippen molar-refractivity contribution < 1.29 is 9.13 Å². The van der Waals surface area contributed by atoms with Gasteiger partial charge < -0.3 is 20.3 Å². The predicted molar refractivity (Wildman–Crippen MR) is 132 cm³/mol. The number of benzene rings is 1. The number of rotatable bonds is 8. The van der Waals surface area contributed by atoms with Crippen molar-refractivity contribution in [1.82, 2.24) is 20.4 Å². The first kappa shape index (κ1) is 25.1. The molecule has 0 amide bonds. The predicted octanol–water partition coefficient (Wildman–Crippen LogP) is 1.45. The van der Waals surface area contributed by atoms with Gasteiger partial charge in [0.25, 0.3) is 0 Å². The number of ether oxygens (including phenoxy) is 1. The van der Waals surface area contributed by atoms with Crippen LogP contribution in [0.3, 0.4) is 0 Å². The summed E-state index contributed by atoms with van der Waals surface area (Å²) in [4.78, 5) is 11.9. The highest BCUT2D eigenvalue weighted by Gasteiger charge is 2.17. The van der Waals surface area contributed by atoms with Gasteiger partial charge in [-0.05, 0) is 31.2 Å². The van der Waals surface area contributed by atoms with Gasteiger partial charge in [0.1, 0.15) is 5.82 Å². The highest BCUT2D eigenvalue weighted by Crippen LogP contribution is 2.16. The first-order chi connectivity index (χ1) is 14.2. The molecule has 0 atom stereocenters. The lowest BCUT2D eigenvalue weighted by Crippen LogP contribution is -2.47. The molecule has 2 saturated heterocycles. The maximum atomic E-state index is 13.1. The van der Waals surface area contributed by atoms with Gasteiger partial charge in [0.2, 0.25) is 0 Å². The van der Waals surface area contributed by atoms with Crippen LogP contribution in [-0.4, -0.2) is 101 Å². The van der Waals surface area contributed by atoms with Crippen molar-refractivity contribution in [2.24, 2.45) is 4.99 Å². The van der Waals surface area contributed by atoms with Crippen molar-refractivity contribution in [3.8, 4) is 0 Å². The van der Waals surface area contributed by atoms with Crippen LogP contribution in [0.25, 0.3) is 0 Å². The van der Waals surface area contributed by atoms with E-state index in [1.807, 2.05) is 12.1 Å². The fourth-order valence-corrected chi connectivity index (χ4v) is 3.68. The molecule has 2 fully saturated rings. The smallest absolute Gasteiger partial charge is 0.191 e. The molecule has 0 bridgehead atoms. The van der Waals surface area contributed by atoms with E-state index in [9.17, 15) is 4.39 Å². The summed E-state index contributed by atoms with van der Waals surface area (Å²) in [5.41, 5.74) is 1.10. The SMILES string of the molecule is CCNC(=NCCN1CCN(c2ccc(F)cc2)CC1)NCCN1CCOCC1.I. The van der Waals surface area contributed by atoms with Crippen LogP contribution in [0, 0.1) is 5.82 Å². The molecule has 0 aromatic heterocycles. The van der Waals surface area contributed by atoms with Crippen molar-refractivity contribution >= 4 is 35.6 Å². The quantitative estimate of drug-likeness (QED) is 0.299. The Hall–Kier alpha value is -1.17. The fourth-order valence-electron chi connectivity index (χ4n) is 3.68. The molecule has 0 unspecified atom stereocenters. The highest BCUT2D eigenvalue weighted by molar-refractivity contribution is 14.0. The Balaban J connectivity index is 0.00000320. The van der Waals surface area contributed by atoms with Gasteiger partial charge in [0, 0.05) is 71.1 Å². The average Bonchev–Trinajstić information content (AvgIpc) is 2.76. The minimum absolute atomic E-state index is 0. The maximum Gasteiger partial charge on any atom is 0.191 e. The van der Waals surface area contributed by atoms with Gasteiger partial charge in [-0.1, -0.05) is 0 Å². The average molecular weight is 534 g/mol. The van der Waals surface area contributed by atoms with Crippen molar-refractivity contribution in [3.05, 3.63) is 30.1 Å². The van der Waals surface area contributed by atoms with Gasteiger partial charge in [0.05, 0.1) is 19.8 Å². The van der Waals surface area contributed by atoms with Crippen molar-refractivity contribution in [1.29, 1.82) is 0 Å². The molecule has 0 spiro atoms. The van der Waals surface area contributed by atoms with Crippen LogP contribution in [0.15, 0.2) is 29.3 Å². The Bertz CT molecular complexity index is 618. The van der Waals surface area contributed by atoms with Crippen molar-refractivity contribution in [2.45, 2.75) is 6.92 Å². The van der Waals surface area contributed by atoms with E-state index in [1.165, 1.54) is 12.1 Å². The number of hydrogen-bond acceptors (Lipinski definition) is 5. The Kier molecular flexibility index (Phi) is 11.7. The summed E-state index contributed by atoms with van der Waals surface area (Å²) in [6.07, 6.45) is 0. The molecule has 1 aromatic carbocycles. The molecule has 2 aliphatic rings. The van der Waals surface area contributed by atoms with Crippen LogP contribution >= 0.6 is 24.0 Å². The van der Waals surface area contributed by atoms with E-state index in [0.717, 1.165) is 96.9 Å². The number of hydrogen-bond donors (Lipinski definition) is 2. The lowest BCUT2D eigenvalue weighted by Gasteiger charge is -2.35. The Labute approximate surface area is 197 Å². The molecule has 30 heavy (non-hydrogen) atoms. The van der Waals surface area contributed by atoms with Gasteiger partial charge in [-0.15, -0.1) is 24.0 Å². The van der Waals surface area contributed by atoms with Gasteiger partial charge >= 0.3 is 0 Å². The second-order valence-corrected chi connectivity index (χ2v) is 7.45. The number of nitrogens with one attached hydrogen (secondary N) is 2. The summed E-state index contributed by atoms with van der Waals surface area (Å²) >= 11 is 0. The summed E-state index contributed by atoms with van der Waals surface area (Å²) < 4.78 is 18.5. The minimum Gasteiger partial charge on any atom is -0.379 e. The lowest BCUT2D eigenvalue weighted by atomic mass is 10.2. The van der Waals surface area contributed by atoms with Crippen LogP contribution in [0.5, 0.6) is 0 Å². The van der Waals surface area contributed by atoms with Crippen LogP contribution < -0.4 is 15.5 Å². The molecule has 1 aromatic rings. The van der Waals surface area contributed by atoms with E-state index in [4.69, 9.17) is 9.73 Å². The molecule has 2 aliphatic heterocycles. The lowest BCUT2D eigenvalue weighted by molar-refractivity contribution is 0.0389. The normalized spacial score (nSPS) is 18.7. The number of aliphatic imine (C=N–C) groups is 1. The van der Waals surface area contributed by atoms with E-state index in [2.05, 4.69) is 32.3 Å². The summed E-state index contributed by atoms with van der Waals surface area (Å²) in [6, 6.07) is 6.79. The second-order valence-electron chi connectivity index (χ2n) is 7.45. The summed E-state index contributed by atoms with van der Waals surface area (Å²) in [7, 11) is 0. The zero-order chi connectivity index (χ0) is 20.3. The molecule has 2 heterocycles. The molecule has 3 rings (SSSR count). The first-order valence-electron chi connectivity index (χ1n) is 10.8. The molecule has 2 N–H and O–H groups in total. The monoisotopic (exact) mass is 534 g/mol. The zero-order valence-corrected chi connectivity index (χ0v) is 20.3. The summed E-state index contributed by atoms with van der Waals surface area (Å²) in [5.74, 6) is 0.714. The number of guanidine groups is 1. The van der Waals surface area contributed by atoms with Crippen LogP contribution in [0.1, 0.15) is 6.92 Å². The summed E-state index contributed by atoms with van der Waals surface area (Å²) in [5, 5.41) is 6.77. The molecule has 9 heteroatoms. The molecule has 0 aliphatic carbocycles. The molecular weight excluding hydrogens is 498 g/mol. The third-order valence-electron chi connectivity index (χ3n) is 5.42. The highest BCUT2D eigenvalue weighted by atomic mass is 127. The van der Waals surface area contributed by atoms with E-state index >= 15 is 0 Å². The van der Waals surface area contributed by atoms with Crippen molar-refractivity contribution in [3.63, 3.8) is 0 Å². The molecule has 0 radical (unpaired) electrons. The van der Waals surface area contributed by atoms with Gasteiger partial charge in [-0.2, -0.15) is 0 Å². The second kappa shape index (κ2) is 14.0. The number of piperazine rings is 1. The number of nitrogens with zero attached hydrogens (tertiary/aromatic N) is 4. The van der Waals surface area contributed by atoms with Crippen molar-refractivity contribution in [2.75, 3.05) is 90.1 Å². The van der Waals surface area contributed by atoms with Gasteiger partial charge in [0.15, 0.2) is 5.96 Å².